The monoisotopic (exact) mass is 170 g/mol. The summed E-state index contributed by atoms with van der Waals surface area (Å²) in [5, 5.41) is 3.38. The molecular weight excluding hydrogens is 148 g/mol. The number of rotatable bonds is 5. The quantitative estimate of drug-likeness (QED) is 0.677. The van der Waals surface area contributed by atoms with Crippen LogP contribution in [-0.2, 0) is 0 Å². The zero-order valence-corrected chi connectivity index (χ0v) is 9.02. The Morgan fingerprint density at radius 3 is 2.42 bits per heavy atom. The van der Waals surface area contributed by atoms with E-state index in [1.807, 2.05) is 0 Å². The topological polar surface area (TPSA) is 15.3 Å². The number of nitrogens with zero attached hydrogens (tertiary/aromatic N) is 1. The van der Waals surface area contributed by atoms with Gasteiger partial charge in [0.2, 0.25) is 0 Å². The smallest absolute Gasteiger partial charge is 0.0299 e. The van der Waals surface area contributed by atoms with Crippen LogP contribution >= 0.6 is 0 Å². The van der Waals surface area contributed by atoms with Gasteiger partial charge in [0.05, 0.1) is 0 Å². The highest BCUT2D eigenvalue weighted by Gasteiger charge is 2.06. The van der Waals surface area contributed by atoms with Gasteiger partial charge in [-0.25, -0.2) is 0 Å². The molecule has 0 aliphatic carbocycles. The van der Waals surface area contributed by atoms with Crippen molar-refractivity contribution >= 4 is 0 Å². The van der Waals surface area contributed by atoms with Crippen LogP contribution in [0.15, 0.2) is 11.8 Å². The molecule has 0 spiro atoms. The normalized spacial score (nSPS) is 15.0. The van der Waals surface area contributed by atoms with E-state index in [1.165, 1.54) is 12.1 Å². The van der Waals surface area contributed by atoms with E-state index in [9.17, 15) is 0 Å². The number of likely N-dealkylation sites (N-methyl/N-ethyl adjacent to an activating group) is 1. The first-order valence-corrected chi connectivity index (χ1v) is 4.65. The van der Waals surface area contributed by atoms with Crippen LogP contribution in [-0.4, -0.2) is 31.6 Å². The Hall–Kier alpha value is -0.500. The van der Waals surface area contributed by atoms with Gasteiger partial charge < -0.3 is 10.2 Å². The summed E-state index contributed by atoms with van der Waals surface area (Å²) in [4.78, 5) is 2.26. The molecule has 0 aliphatic rings. The third-order valence-electron chi connectivity index (χ3n) is 2.25. The molecule has 0 saturated carbocycles. The minimum absolute atomic E-state index is 0.639. The number of nitrogens with one attached hydrogen (secondary N) is 1. The molecule has 0 rings (SSSR count). The van der Waals surface area contributed by atoms with E-state index in [2.05, 4.69) is 51.2 Å². The van der Waals surface area contributed by atoms with Gasteiger partial charge in [-0.3, -0.25) is 0 Å². The van der Waals surface area contributed by atoms with E-state index < -0.39 is 0 Å². The number of allylic oxidation sites excluding steroid dienone is 2. The first-order chi connectivity index (χ1) is 5.61. The van der Waals surface area contributed by atoms with E-state index in [4.69, 9.17) is 0 Å². The van der Waals surface area contributed by atoms with Crippen LogP contribution < -0.4 is 5.32 Å². The molecule has 12 heavy (non-hydrogen) atoms. The van der Waals surface area contributed by atoms with Crippen LogP contribution in [0.2, 0.25) is 0 Å². The van der Waals surface area contributed by atoms with Crippen molar-refractivity contribution in [2.75, 3.05) is 20.6 Å². The summed E-state index contributed by atoms with van der Waals surface area (Å²) in [5.74, 6) is 0. The van der Waals surface area contributed by atoms with Crippen LogP contribution in [0.3, 0.4) is 0 Å². The fourth-order valence-electron chi connectivity index (χ4n) is 1.07. The molecule has 0 fully saturated rings. The first-order valence-electron chi connectivity index (χ1n) is 4.65. The molecule has 0 bridgehead atoms. The molecule has 2 nitrogen and oxygen atoms in total. The molecule has 0 aromatic carbocycles. The zero-order chi connectivity index (χ0) is 9.56. The van der Waals surface area contributed by atoms with Crippen molar-refractivity contribution in [2.45, 2.75) is 33.2 Å². The SMILES string of the molecule is C/C=C(\C)NCC(CC)N(C)C. The van der Waals surface area contributed by atoms with E-state index in [-0.39, 0.29) is 0 Å². The third-order valence-corrected chi connectivity index (χ3v) is 2.25. The second-order valence-corrected chi connectivity index (χ2v) is 3.38. The van der Waals surface area contributed by atoms with Gasteiger partial charge in [0.1, 0.15) is 0 Å². The second kappa shape index (κ2) is 6.06. The molecule has 1 unspecified atom stereocenters. The molecule has 72 valence electrons. The maximum absolute atomic E-state index is 3.38. The van der Waals surface area contributed by atoms with Crippen LogP contribution in [0.4, 0.5) is 0 Å². The van der Waals surface area contributed by atoms with Crippen molar-refractivity contribution in [1.82, 2.24) is 10.2 Å². The fraction of sp³-hybridized carbons (Fsp3) is 0.800. The molecule has 0 radical (unpaired) electrons. The summed E-state index contributed by atoms with van der Waals surface area (Å²) in [5.41, 5.74) is 1.26. The van der Waals surface area contributed by atoms with Crippen LogP contribution in [0.1, 0.15) is 27.2 Å². The predicted molar refractivity (Wildman–Crippen MR) is 55.2 cm³/mol. The van der Waals surface area contributed by atoms with Gasteiger partial charge in [-0.05, 0) is 34.4 Å². The minimum atomic E-state index is 0.639. The highest BCUT2D eigenvalue weighted by Crippen LogP contribution is 1.98. The summed E-state index contributed by atoms with van der Waals surface area (Å²) in [6.45, 7) is 7.42. The Kier molecular flexibility index (Phi) is 5.81. The van der Waals surface area contributed by atoms with E-state index in [0.29, 0.717) is 6.04 Å². The lowest BCUT2D eigenvalue weighted by Gasteiger charge is -2.23. The maximum atomic E-state index is 3.38. The van der Waals surface area contributed by atoms with Crippen LogP contribution in [0, 0.1) is 0 Å². The highest BCUT2D eigenvalue weighted by molar-refractivity contribution is 4.93. The highest BCUT2D eigenvalue weighted by atomic mass is 15.1. The molecule has 0 aromatic rings. The van der Waals surface area contributed by atoms with Crippen molar-refractivity contribution in [3.8, 4) is 0 Å². The van der Waals surface area contributed by atoms with E-state index in [0.717, 1.165) is 6.54 Å². The second-order valence-electron chi connectivity index (χ2n) is 3.38. The van der Waals surface area contributed by atoms with E-state index in [1.54, 1.807) is 0 Å². The van der Waals surface area contributed by atoms with Gasteiger partial charge >= 0.3 is 0 Å². The first kappa shape index (κ1) is 11.5. The molecule has 0 saturated heterocycles. The van der Waals surface area contributed by atoms with Gasteiger partial charge in [0, 0.05) is 18.3 Å². The van der Waals surface area contributed by atoms with Crippen LogP contribution in [0.5, 0.6) is 0 Å². The molecule has 1 N–H and O–H groups in total. The lowest BCUT2D eigenvalue weighted by molar-refractivity contribution is 0.281. The lowest BCUT2D eigenvalue weighted by Crippen LogP contribution is -2.36. The summed E-state index contributed by atoms with van der Waals surface area (Å²) in [7, 11) is 4.25. The molecule has 2 heteroatoms. The molecule has 0 heterocycles. The standard InChI is InChI=1S/C10H22N2/c1-6-9(3)11-8-10(7-2)12(4)5/h6,10-11H,7-8H2,1-5H3/b9-6+. The number of hydrogen-bond donors (Lipinski definition) is 1. The Labute approximate surface area is 76.6 Å². The third kappa shape index (κ3) is 4.39. The van der Waals surface area contributed by atoms with Crippen molar-refractivity contribution in [1.29, 1.82) is 0 Å². The van der Waals surface area contributed by atoms with Gasteiger partial charge in [-0.1, -0.05) is 13.0 Å². The molecule has 0 amide bonds. The fourth-order valence-corrected chi connectivity index (χ4v) is 1.07. The summed E-state index contributed by atoms with van der Waals surface area (Å²) in [6, 6.07) is 0.639. The Bertz CT molecular complexity index is 139. The van der Waals surface area contributed by atoms with Gasteiger partial charge in [-0.2, -0.15) is 0 Å². The van der Waals surface area contributed by atoms with Gasteiger partial charge in [0.25, 0.3) is 0 Å². The van der Waals surface area contributed by atoms with Crippen molar-refractivity contribution < 1.29 is 0 Å². The molecular formula is C10H22N2. The number of hydrogen-bond acceptors (Lipinski definition) is 2. The van der Waals surface area contributed by atoms with Gasteiger partial charge in [-0.15, -0.1) is 0 Å². The van der Waals surface area contributed by atoms with Crippen molar-refractivity contribution in [3.63, 3.8) is 0 Å². The Morgan fingerprint density at radius 2 is 2.08 bits per heavy atom. The zero-order valence-electron chi connectivity index (χ0n) is 9.02. The Morgan fingerprint density at radius 1 is 1.50 bits per heavy atom. The Balaban J connectivity index is 3.73. The van der Waals surface area contributed by atoms with Crippen molar-refractivity contribution in [3.05, 3.63) is 11.8 Å². The minimum Gasteiger partial charge on any atom is -0.387 e. The predicted octanol–water partition coefficient (Wildman–Crippen LogP) is 1.84. The largest absolute Gasteiger partial charge is 0.387 e. The average Bonchev–Trinajstić information content (AvgIpc) is 2.04. The summed E-state index contributed by atoms with van der Waals surface area (Å²) >= 11 is 0. The van der Waals surface area contributed by atoms with Crippen LogP contribution in [0.25, 0.3) is 0 Å². The molecule has 0 aromatic heterocycles. The summed E-state index contributed by atoms with van der Waals surface area (Å²) < 4.78 is 0. The lowest BCUT2D eigenvalue weighted by atomic mass is 10.2. The van der Waals surface area contributed by atoms with E-state index >= 15 is 0 Å². The van der Waals surface area contributed by atoms with Gasteiger partial charge in [0.15, 0.2) is 0 Å². The average molecular weight is 170 g/mol. The molecule has 0 aliphatic heterocycles. The van der Waals surface area contributed by atoms with Crippen molar-refractivity contribution in [2.24, 2.45) is 0 Å². The molecule has 1 atom stereocenters. The summed E-state index contributed by atoms with van der Waals surface area (Å²) in [6.07, 6.45) is 3.29. The maximum Gasteiger partial charge on any atom is 0.0299 e.